The highest BCUT2D eigenvalue weighted by Gasteiger charge is 2.36. The van der Waals surface area contributed by atoms with Crippen molar-refractivity contribution in [3.8, 4) is 0 Å². The lowest BCUT2D eigenvalue weighted by Gasteiger charge is -2.30. The van der Waals surface area contributed by atoms with E-state index in [1.165, 1.54) is 12.8 Å². The molecule has 0 saturated carbocycles. The molecule has 0 unspecified atom stereocenters. The molecule has 4 nitrogen and oxygen atoms in total. The van der Waals surface area contributed by atoms with Crippen LogP contribution in [0.3, 0.4) is 0 Å². The van der Waals surface area contributed by atoms with Crippen molar-refractivity contribution in [3.05, 3.63) is 0 Å². The Morgan fingerprint density at radius 1 is 0.731 bits per heavy atom. The molecule has 0 saturated heterocycles. The Labute approximate surface area is 161 Å². The molecule has 0 bridgehead atoms. The van der Waals surface area contributed by atoms with E-state index in [9.17, 15) is 9.59 Å². The van der Waals surface area contributed by atoms with Crippen molar-refractivity contribution in [1.82, 2.24) is 0 Å². The number of unbranched alkanes of at least 4 members (excludes halogenated alkanes) is 6. The summed E-state index contributed by atoms with van der Waals surface area (Å²) in [6, 6.07) is 0. The van der Waals surface area contributed by atoms with Crippen molar-refractivity contribution in [3.63, 3.8) is 0 Å². The van der Waals surface area contributed by atoms with E-state index in [1.54, 1.807) is 0 Å². The predicted octanol–water partition coefficient (Wildman–Crippen LogP) is 6.21. The van der Waals surface area contributed by atoms with Gasteiger partial charge in [0.2, 0.25) is 0 Å². The fraction of sp³-hybridized carbons (Fsp3) is 0.909. The summed E-state index contributed by atoms with van der Waals surface area (Å²) in [5, 5.41) is 0. The minimum atomic E-state index is -0.305. The minimum Gasteiger partial charge on any atom is -0.463 e. The quantitative estimate of drug-likeness (QED) is 0.254. The predicted molar refractivity (Wildman–Crippen MR) is 107 cm³/mol. The van der Waals surface area contributed by atoms with E-state index in [4.69, 9.17) is 9.47 Å². The van der Waals surface area contributed by atoms with Gasteiger partial charge in [-0.2, -0.15) is 0 Å². The molecule has 154 valence electrons. The minimum absolute atomic E-state index is 0.0151. The lowest BCUT2D eigenvalue weighted by Crippen LogP contribution is -2.33. The highest BCUT2D eigenvalue weighted by atomic mass is 16.5. The summed E-state index contributed by atoms with van der Waals surface area (Å²) < 4.78 is 10.6. The van der Waals surface area contributed by atoms with Crippen molar-refractivity contribution in [2.75, 3.05) is 0 Å². The first kappa shape index (κ1) is 24.9. The molecule has 0 radical (unpaired) electrons. The zero-order chi connectivity index (χ0) is 20.0. The molecule has 0 aromatic carbocycles. The summed E-state index contributed by atoms with van der Waals surface area (Å²) in [4.78, 5) is 23.9. The van der Waals surface area contributed by atoms with Gasteiger partial charge in [-0.25, -0.2) is 0 Å². The van der Waals surface area contributed by atoms with Gasteiger partial charge < -0.3 is 9.47 Å². The third kappa shape index (κ3) is 10.8. The van der Waals surface area contributed by atoms with E-state index in [0.29, 0.717) is 6.42 Å². The maximum absolute atomic E-state index is 12.4. The number of carbonyl (C=O) groups is 2. The average Bonchev–Trinajstić information content (AvgIpc) is 2.55. The third-order valence-electron chi connectivity index (χ3n) is 5.03. The number of carbonyl (C=O) groups excluding carboxylic acids is 2. The van der Waals surface area contributed by atoms with Crippen LogP contribution >= 0.6 is 0 Å². The average molecular weight is 371 g/mol. The molecule has 0 aromatic heterocycles. The monoisotopic (exact) mass is 370 g/mol. The Balaban J connectivity index is 3.86. The normalized spacial score (nSPS) is 11.8. The van der Waals surface area contributed by atoms with Crippen molar-refractivity contribution in [2.45, 2.75) is 124 Å². The topological polar surface area (TPSA) is 52.6 Å². The van der Waals surface area contributed by atoms with Crippen LogP contribution in [0.4, 0.5) is 0 Å². The molecular weight excluding hydrogens is 328 g/mol. The van der Waals surface area contributed by atoms with Crippen LogP contribution in [0.2, 0.25) is 0 Å². The lowest BCUT2D eigenvalue weighted by atomic mass is 9.77. The molecule has 0 atom stereocenters. The van der Waals surface area contributed by atoms with E-state index < -0.39 is 0 Å². The molecule has 0 rings (SSSR count). The van der Waals surface area contributed by atoms with Gasteiger partial charge in [-0.05, 0) is 53.4 Å². The maximum Gasteiger partial charge on any atom is 0.312 e. The second-order valence-corrected chi connectivity index (χ2v) is 7.95. The molecule has 4 heteroatoms. The van der Waals surface area contributed by atoms with Crippen molar-refractivity contribution in [1.29, 1.82) is 0 Å². The van der Waals surface area contributed by atoms with Crippen molar-refractivity contribution >= 4 is 11.9 Å². The van der Waals surface area contributed by atoms with Crippen LogP contribution in [0.5, 0.6) is 0 Å². The van der Waals surface area contributed by atoms with Crippen LogP contribution in [-0.4, -0.2) is 24.1 Å². The highest BCUT2D eigenvalue weighted by Crippen LogP contribution is 2.35. The fourth-order valence-corrected chi connectivity index (χ4v) is 3.27. The Morgan fingerprint density at radius 2 is 1.19 bits per heavy atom. The van der Waals surface area contributed by atoms with Gasteiger partial charge in [0.15, 0.2) is 0 Å². The number of rotatable bonds is 15. The Bertz CT molecular complexity index is 384. The second-order valence-electron chi connectivity index (χ2n) is 7.95. The first-order valence-corrected chi connectivity index (χ1v) is 10.7. The van der Waals surface area contributed by atoms with Gasteiger partial charge in [-0.1, -0.05) is 52.4 Å². The Kier molecular flexibility index (Phi) is 13.5. The largest absolute Gasteiger partial charge is 0.463 e. The molecule has 0 heterocycles. The van der Waals surface area contributed by atoms with Gasteiger partial charge in [0.25, 0.3) is 0 Å². The van der Waals surface area contributed by atoms with E-state index in [2.05, 4.69) is 13.8 Å². The van der Waals surface area contributed by atoms with Crippen LogP contribution in [0.1, 0.15) is 112 Å². The van der Waals surface area contributed by atoms with E-state index in [1.807, 2.05) is 27.7 Å². The molecule has 0 N–H and O–H groups in total. The van der Waals surface area contributed by atoms with Gasteiger partial charge in [0, 0.05) is 6.42 Å². The lowest BCUT2D eigenvalue weighted by molar-refractivity contribution is -0.161. The van der Waals surface area contributed by atoms with Gasteiger partial charge >= 0.3 is 11.9 Å². The SMILES string of the molecule is CCC(CC)(CCCCCCCCCC(=O)OC(C)C)C(=O)OC(C)C. The van der Waals surface area contributed by atoms with Crippen LogP contribution in [0, 0.1) is 5.41 Å². The van der Waals surface area contributed by atoms with Crippen LogP contribution in [0.15, 0.2) is 0 Å². The first-order valence-electron chi connectivity index (χ1n) is 10.7. The molecule has 0 spiro atoms. The van der Waals surface area contributed by atoms with E-state index in [-0.39, 0.29) is 29.6 Å². The summed E-state index contributed by atoms with van der Waals surface area (Å²) in [5.74, 6) is -0.102. The third-order valence-corrected chi connectivity index (χ3v) is 5.03. The molecule has 0 aromatic rings. The number of hydrogen-bond acceptors (Lipinski definition) is 4. The van der Waals surface area contributed by atoms with Gasteiger partial charge in [0.05, 0.1) is 17.6 Å². The summed E-state index contributed by atoms with van der Waals surface area (Å²) in [6.07, 6.45) is 10.9. The number of hydrogen-bond donors (Lipinski definition) is 0. The van der Waals surface area contributed by atoms with Gasteiger partial charge in [0.1, 0.15) is 0 Å². The van der Waals surface area contributed by atoms with Crippen LogP contribution in [0.25, 0.3) is 0 Å². The standard InChI is InChI=1S/C22H42O4/c1-7-22(8-2,21(24)26-19(5)6)17-15-13-11-9-10-12-14-16-20(23)25-18(3)4/h18-19H,7-17H2,1-6H3. The Morgan fingerprint density at radius 3 is 1.65 bits per heavy atom. The van der Waals surface area contributed by atoms with Crippen molar-refractivity contribution in [2.24, 2.45) is 5.41 Å². The summed E-state index contributed by atoms with van der Waals surface area (Å²) >= 11 is 0. The zero-order valence-electron chi connectivity index (χ0n) is 18.1. The molecule has 26 heavy (non-hydrogen) atoms. The molecule has 0 aliphatic rings. The summed E-state index contributed by atoms with van der Waals surface area (Å²) in [5.41, 5.74) is -0.305. The molecule has 0 amide bonds. The van der Waals surface area contributed by atoms with Crippen molar-refractivity contribution < 1.29 is 19.1 Å². The van der Waals surface area contributed by atoms with E-state index >= 15 is 0 Å². The fourth-order valence-electron chi connectivity index (χ4n) is 3.27. The Hall–Kier alpha value is -1.06. The smallest absolute Gasteiger partial charge is 0.312 e. The van der Waals surface area contributed by atoms with Gasteiger partial charge in [-0.15, -0.1) is 0 Å². The van der Waals surface area contributed by atoms with Crippen LogP contribution in [-0.2, 0) is 19.1 Å². The second kappa shape index (κ2) is 14.1. The number of esters is 2. The summed E-state index contributed by atoms with van der Waals surface area (Å²) in [6.45, 7) is 11.8. The highest BCUT2D eigenvalue weighted by molar-refractivity contribution is 5.76. The summed E-state index contributed by atoms with van der Waals surface area (Å²) in [7, 11) is 0. The van der Waals surface area contributed by atoms with E-state index in [0.717, 1.165) is 51.4 Å². The van der Waals surface area contributed by atoms with Crippen LogP contribution < -0.4 is 0 Å². The maximum atomic E-state index is 12.4. The molecule has 0 fully saturated rings. The first-order chi connectivity index (χ1) is 12.3. The molecule has 0 aliphatic heterocycles. The molecule has 0 aliphatic carbocycles. The van der Waals surface area contributed by atoms with Gasteiger partial charge in [-0.3, -0.25) is 9.59 Å². The zero-order valence-corrected chi connectivity index (χ0v) is 18.1. The number of ether oxygens (including phenoxy) is 2. The molecular formula is C22H42O4.